The van der Waals surface area contributed by atoms with Gasteiger partial charge in [-0.15, -0.1) is 0 Å². The molecular formula is C46H38F6N4. The van der Waals surface area contributed by atoms with Gasteiger partial charge in [-0.2, -0.15) is 26.3 Å². The number of aromatic nitrogens is 2. The fourth-order valence-electron chi connectivity index (χ4n) is 10.7. The second-order valence-corrected chi connectivity index (χ2v) is 16.1. The zero-order valence-electron chi connectivity index (χ0n) is 30.3. The van der Waals surface area contributed by atoms with E-state index in [4.69, 9.17) is 11.5 Å². The maximum absolute atomic E-state index is 14.1. The minimum atomic E-state index is -4.59. The smallest absolute Gasteiger partial charge is 0.399 e. The first-order valence-corrected chi connectivity index (χ1v) is 18.8. The molecule has 284 valence electrons. The molecule has 0 saturated heterocycles. The van der Waals surface area contributed by atoms with Gasteiger partial charge >= 0.3 is 12.4 Å². The predicted molar refractivity (Wildman–Crippen MR) is 207 cm³/mol. The molecule has 0 atom stereocenters. The van der Waals surface area contributed by atoms with E-state index in [2.05, 4.69) is 34.2 Å². The molecule has 10 heteroatoms. The lowest BCUT2D eigenvalue weighted by atomic mass is 9.41. The van der Waals surface area contributed by atoms with E-state index < -0.39 is 23.5 Å². The second-order valence-electron chi connectivity index (χ2n) is 16.1. The van der Waals surface area contributed by atoms with Gasteiger partial charge < -0.3 is 11.5 Å². The fraction of sp³-hybridized carbons (Fsp3) is 0.261. The molecule has 2 heterocycles. The molecule has 0 spiro atoms. The number of pyridine rings is 2. The van der Waals surface area contributed by atoms with Gasteiger partial charge in [0.15, 0.2) is 0 Å². The Morgan fingerprint density at radius 2 is 0.893 bits per heavy atom. The van der Waals surface area contributed by atoms with Crippen molar-refractivity contribution in [1.29, 1.82) is 0 Å². The minimum absolute atomic E-state index is 0.0310. The maximum atomic E-state index is 14.1. The SMILES string of the molecule is Nc1ccc(-c2cccnc2-c2ccc(C34CC5CC(C3)CC(c3ccc(-c6ncccc6-c6ccc(N)cc6C(F)(F)F)cc3)(C5)C4)cc2)c(C(F)(F)F)c1. The third-order valence-corrected chi connectivity index (χ3v) is 12.5. The van der Waals surface area contributed by atoms with Crippen LogP contribution in [-0.4, -0.2) is 9.97 Å². The summed E-state index contributed by atoms with van der Waals surface area (Å²) in [6.45, 7) is 0. The van der Waals surface area contributed by atoms with Crippen LogP contribution in [-0.2, 0) is 23.2 Å². The van der Waals surface area contributed by atoms with Crippen molar-refractivity contribution in [2.24, 2.45) is 11.8 Å². The molecule has 4 N–H and O–H groups in total. The predicted octanol–water partition coefficient (Wildman–Crippen LogP) is 12.1. The number of anilines is 2. The van der Waals surface area contributed by atoms with Crippen molar-refractivity contribution in [1.82, 2.24) is 9.97 Å². The highest BCUT2D eigenvalue weighted by molar-refractivity contribution is 5.84. The molecule has 0 amide bonds. The molecule has 10 rings (SSSR count). The van der Waals surface area contributed by atoms with Gasteiger partial charge in [0.05, 0.1) is 22.5 Å². The molecule has 4 nitrogen and oxygen atoms in total. The van der Waals surface area contributed by atoms with E-state index in [0.717, 1.165) is 55.4 Å². The van der Waals surface area contributed by atoms with Gasteiger partial charge in [-0.05, 0) is 120 Å². The van der Waals surface area contributed by atoms with E-state index in [1.807, 2.05) is 24.3 Å². The van der Waals surface area contributed by atoms with E-state index in [-0.39, 0.29) is 33.3 Å². The Balaban J connectivity index is 1.03. The molecule has 0 aliphatic heterocycles. The Kier molecular flexibility index (Phi) is 8.34. The summed E-state index contributed by atoms with van der Waals surface area (Å²) in [5, 5.41) is 0. The maximum Gasteiger partial charge on any atom is 0.417 e. The normalized spacial score (nSPS) is 23.0. The second kappa shape index (κ2) is 13.0. The summed E-state index contributed by atoms with van der Waals surface area (Å²) in [5.41, 5.74) is 15.6. The summed E-state index contributed by atoms with van der Waals surface area (Å²) >= 11 is 0. The standard InChI is InChI=1S/C46H38F6N4/c47-45(48,49)39-20-33(53)13-15-35(39)37-3-1-17-55-41(37)29-5-9-31(10-6-29)43-22-27-19-28(23-43)25-44(24-27,26-43)32-11-7-30(8-12-32)42-38(4-2-18-56-42)36-16-14-34(54)21-40(36)46(50,51)52/h1-18,20-21,27-28H,19,22-26,53-54H2. The third kappa shape index (κ3) is 6.19. The van der Waals surface area contributed by atoms with Crippen LogP contribution in [0.5, 0.6) is 0 Å². The van der Waals surface area contributed by atoms with Crippen LogP contribution >= 0.6 is 0 Å². The zero-order chi connectivity index (χ0) is 39.0. The van der Waals surface area contributed by atoms with Crippen LogP contribution in [0.3, 0.4) is 0 Å². The Morgan fingerprint density at radius 1 is 0.500 bits per heavy atom. The van der Waals surface area contributed by atoms with Gasteiger partial charge in [-0.3, -0.25) is 9.97 Å². The van der Waals surface area contributed by atoms with E-state index in [0.29, 0.717) is 34.4 Å². The lowest BCUT2D eigenvalue weighted by Crippen LogP contribution is -2.55. The number of rotatable bonds is 6. The van der Waals surface area contributed by atoms with Crippen LogP contribution < -0.4 is 11.5 Å². The summed E-state index contributed by atoms with van der Waals surface area (Å²) < 4.78 is 84.8. The largest absolute Gasteiger partial charge is 0.417 e. The number of hydrogen-bond donors (Lipinski definition) is 2. The highest BCUT2D eigenvalue weighted by Gasteiger charge is 2.58. The molecule has 6 aromatic rings. The van der Waals surface area contributed by atoms with E-state index in [1.165, 1.54) is 41.8 Å². The first-order valence-electron chi connectivity index (χ1n) is 18.8. The topological polar surface area (TPSA) is 77.8 Å². The number of nitrogen functional groups attached to an aromatic ring is 2. The van der Waals surface area contributed by atoms with E-state index >= 15 is 0 Å². The monoisotopic (exact) mass is 760 g/mol. The number of hydrogen-bond acceptors (Lipinski definition) is 4. The molecule has 4 aliphatic rings. The Bertz CT molecular complexity index is 2270. The number of benzene rings is 4. The average Bonchev–Trinajstić information content (AvgIpc) is 3.17. The van der Waals surface area contributed by atoms with Gasteiger partial charge in [0.2, 0.25) is 0 Å². The third-order valence-electron chi connectivity index (χ3n) is 12.5. The van der Waals surface area contributed by atoms with Crippen LogP contribution in [0.15, 0.2) is 122 Å². The average molecular weight is 761 g/mol. The van der Waals surface area contributed by atoms with Crippen molar-refractivity contribution in [3.63, 3.8) is 0 Å². The Labute approximate surface area is 320 Å². The molecule has 4 aromatic carbocycles. The van der Waals surface area contributed by atoms with Gasteiger partial charge in [0, 0.05) is 46.0 Å². The molecule has 0 unspecified atom stereocenters. The lowest BCUT2D eigenvalue weighted by Gasteiger charge is -2.63. The van der Waals surface area contributed by atoms with Crippen LogP contribution in [0.2, 0.25) is 0 Å². The van der Waals surface area contributed by atoms with Crippen molar-refractivity contribution < 1.29 is 26.3 Å². The summed E-state index contributed by atoms with van der Waals surface area (Å²) in [6.07, 6.45) is 0.506. The van der Waals surface area contributed by atoms with Gasteiger partial charge in [0.25, 0.3) is 0 Å². The molecule has 4 aliphatic carbocycles. The molecule has 4 fully saturated rings. The lowest BCUT2D eigenvalue weighted by molar-refractivity contribution is -0.137. The summed E-state index contributed by atoms with van der Waals surface area (Å²) in [6, 6.07) is 30.8. The molecule has 0 radical (unpaired) electrons. The van der Waals surface area contributed by atoms with Gasteiger partial charge in [-0.25, -0.2) is 0 Å². The number of nitrogens with zero attached hydrogens (tertiary/aromatic N) is 2. The molecular weight excluding hydrogens is 723 g/mol. The summed E-state index contributed by atoms with van der Waals surface area (Å²) in [4.78, 5) is 9.11. The highest BCUT2D eigenvalue weighted by Crippen LogP contribution is 2.66. The van der Waals surface area contributed by atoms with Crippen molar-refractivity contribution in [2.45, 2.75) is 61.7 Å². The van der Waals surface area contributed by atoms with Gasteiger partial charge in [0.1, 0.15) is 0 Å². The Morgan fingerprint density at radius 3 is 1.27 bits per heavy atom. The number of alkyl halides is 6. The quantitative estimate of drug-likeness (QED) is 0.131. The molecule has 56 heavy (non-hydrogen) atoms. The molecule has 2 aromatic heterocycles. The van der Waals surface area contributed by atoms with Crippen molar-refractivity contribution in [3.8, 4) is 44.8 Å². The highest BCUT2D eigenvalue weighted by atomic mass is 19.4. The summed E-state index contributed by atoms with van der Waals surface area (Å²) in [7, 11) is 0. The first kappa shape index (κ1) is 36.0. The molecule has 4 bridgehead atoms. The minimum Gasteiger partial charge on any atom is -0.399 e. The van der Waals surface area contributed by atoms with Crippen LogP contribution in [0.4, 0.5) is 37.7 Å². The fourth-order valence-corrected chi connectivity index (χ4v) is 10.7. The van der Waals surface area contributed by atoms with Gasteiger partial charge in [-0.1, -0.05) is 72.8 Å². The van der Waals surface area contributed by atoms with E-state index in [1.54, 1.807) is 36.7 Å². The van der Waals surface area contributed by atoms with Crippen molar-refractivity contribution in [2.75, 3.05) is 11.5 Å². The van der Waals surface area contributed by atoms with Crippen molar-refractivity contribution >= 4 is 11.4 Å². The number of nitrogens with two attached hydrogens (primary N) is 2. The number of halogens is 6. The Hall–Kier alpha value is -5.64. The van der Waals surface area contributed by atoms with Crippen LogP contribution in [0.25, 0.3) is 44.8 Å². The van der Waals surface area contributed by atoms with E-state index in [9.17, 15) is 26.3 Å². The summed E-state index contributed by atoms with van der Waals surface area (Å²) in [5.74, 6) is 1.11. The first-order chi connectivity index (χ1) is 26.7. The zero-order valence-corrected chi connectivity index (χ0v) is 30.3. The van der Waals surface area contributed by atoms with Crippen LogP contribution in [0, 0.1) is 11.8 Å². The van der Waals surface area contributed by atoms with Crippen LogP contribution in [0.1, 0.15) is 60.8 Å². The molecule has 4 saturated carbocycles. The van der Waals surface area contributed by atoms with Crippen molar-refractivity contribution in [3.05, 3.63) is 144 Å².